The van der Waals surface area contributed by atoms with Gasteiger partial charge in [0.1, 0.15) is 18.1 Å². The number of ketones is 1. The van der Waals surface area contributed by atoms with E-state index in [1.54, 1.807) is 54.6 Å². The first-order valence-corrected chi connectivity index (χ1v) is 9.54. The van der Waals surface area contributed by atoms with E-state index < -0.39 is 0 Å². The number of allylic oxidation sites excluding steroid dienone is 1. The minimum absolute atomic E-state index is 0.175. The predicted molar refractivity (Wildman–Crippen MR) is 112 cm³/mol. The van der Waals surface area contributed by atoms with Crippen LogP contribution in [0.2, 0.25) is 15.1 Å². The lowest BCUT2D eigenvalue weighted by Crippen LogP contribution is -1.98. The Morgan fingerprint density at radius 2 is 1.64 bits per heavy atom. The lowest BCUT2D eigenvalue weighted by atomic mass is 10.1. The molecule has 0 saturated carbocycles. The van der Waals surface area contributed by atoms with Crippen molar-refractivity contribution in [2.24, 2.45) is 0 Å². The Morgan fingerprint density at radius 3 is 2.36 bits per heavy atom. The molecule has 3 aromatic carbocycles. The summed E-state index contributed by atoms with van der Waals surface area (Å²) in [5, 5.41) is 1.70. The second-order valence-electron chi connectivity index (χ2n) is 6.14. The van der Waals surface area contributed by atoms with Gasteiger partial charge in [0.15, 0.2) is 5.76 Å². The second kappa shape index (κ2) is 7.88. The van der Waals surface area contributed by atoms with Crippen molar-refractivity contribution in [1.29, 1.82) is 0 Å². The molecule has 4 rings (SSSR count). The molecule has 0 bridgehead atoms. The fourth-order valence-electron chi connectivity index (χ4n) is 2.79. The highest BCUT2D eigenvalue weighted by Gasteiger charge is 2.27. The average molecular weight is 432 g/mol. The van der Waals surface area contributed by atoms with Crippen molar-refractivity contribution < 1.29 is 14.3 Å². The van der Waals surface area contributed by atoms with E-state index in [-0.39, 0.29) is 18.1 Å². The predicted octanol–water partition coefficient (Wildman–Crippen LogP) is 6.84. The van der Waals surface area contributed by atoms with Crippen LogP contribution in [-0.2, 0) is 6.61 Å². The van der Waals surface area contributed by atoms with Gasteiger partial charge in [-0.2, -0.15) is 0 Å². The van der Waals surface area contributed by atoms with E-state index in [0.29, 0.717) is 37.7 Å². The zero-order chi connectivity index (χ0) is 19.7. The molecule has 0 atom stereocenters. The Kier molecular flexibility index (Phi) is 5.31. The number of hydrogen-bond acceptors (Lipinski definition) is 3. The Morgan fingerprint density at radius 1 is 0.929 bits per heavy atom. The van der Waals surface area contributed by atoms with Crippen molar-refractivity contribution in [3.63, 3.8) is 0 Å². The lowest BCUT2D eigenvalue weighted by Gasteiger charge is -2.10. The molecular formula is C22H13Cl3O3. The molecule has 0 saturated heterocycles. The van der Waals surface area contributed by atoms with Crippen LogP contribution in [0.25, 0.3) is 6.08 Å². The third-order valence-electron chi connectivity index (χ3n) is 4.25. The molecule has 1 aliphatic rings. The topological polar surface area (TPSA) is 35.5 Å². The minimum atomic E-state index is -0.175. The van der Waals surface area contributed by atoms with Gasteiger partial charge in [-0.3, -0.25) is 4.79 Å². The maximum atomic E-state index is 12.6. The van der Waals surface area contributed by atoms with Crippen molar-refractivity contribution in [3.8, 4) is 11.5 Å². The molecule has 0 N–H and O–H groups in total. The number of hydrogen-bond donors (Lipinski definition) is 0. The van der Waals surface area contributed by atoms with Crippen molar-refractivity contribution in [2.45, 2.75) is 6.61 Å². The van der Waals surface area contributed by atoms with E-state index in [1.165, 1.54) is 0 Å². The Bertz CT molecular complexity index is 1070. The summed E-state index contributed by atoms with van der Waals surface area (Å²) >= 11 is 18.2. The summed E-state index contributed by atoms with van der Waals surface area (Å²) in [6.07, 6.45) is 1.68. The quantitative estimate of drug-likeness (QED) is 0.424. The van der Waals surface area contributed by atoms with Gasteiger partial charge in [0.2, 0.25) is 5.78 Å². The maximum Gasteiger partial charge on any atom is 0.231 e. The highest BCUT2D eigenvalue weighted by Crippen LogP contribution is 2.35. The molecule has 1 aliphatic heterocycles. The Balaban J connectivity index is 1.53. The van der Waals surface area contributed by atoms with Crippen LogP contribution in [-0.4, -0.2) is 5.78 Å². The van der Waals surface area contributed by atoms with E-state index in [9.17, 15) is 4.79 Å². The number of rotatable bonds is 4. The van der Waals surface area contributed by atoms with Crippen molar-refractivity contribution in [1.82, 2.24) is 0 Å². The number of carbonyl (C=O) groups is 1. The zero-order valence-corrected chi connectivity index (χ0v) is 16.7. The first-order chi connectivity index (χ1) is 13.5. The van der Waals surface area contributed by atoms with E-state index >= 15 is 0 Å². The van der Waals surface area contributed by atoms with Crippen LogP contribution in [0.3, 0.4) is 0 Å². The molecule has 0 aliphatic carbocycles. The molecule has 140 valence electrons. The molecule has 0 unspecified atom stereocenters. The molecule has 0 radical (unpaired) electrons. The van der Waals surface area contributed by atoms with Gasteiger partial charge in [0.25, 0.3) is 0 Å². The largest absolute Gasteiger partial charge is 0.489 e. The fourth-order valence-corrected chi connectivity index (χ4v) is 3.43. The molecule has 28 heavy (non-hydrogen) atoms. The van der Waals surface area contributed by atoms with E-state index in [0.717, 1.165) is 5.56 Å². The SMILES string of the molecule is O=C1C(=Cc2ccc(Cl)cc2)Oc2cc(OCc3c(Cl)cccc3Cl)ccc21. The highest BCUT2D eigenvalue weighted by molar-refractivity contribution is 6.36. The number of ether oxygens (including phenoxy) is 2. The molecule has 6 heteroatoms. The number of Topliss-reactive ketones (excluding diaryl/α,β-unsaturated/α-hetero) is 1. The summed E-state index contributed by atoms with van der Waals surface area (Å²) in [6.45, 7) is 0.207. The third-order valence-corrected chi connectivity index (χ3v) is 5.21. The van der Waals surface area contributed by atoms with Crippen LogP contribution in [0.4, 0.5) is 0 Å². The first kappa shape index (κ1) is 18.9. The lowest BCUT2D eigenvalue weighted by molar-refractivity contribution is 0.101. The van der Waals surface area contributed by atoms with Gasteiger partial charge in [-0.1, -0.05) is 53.0 Å². The summed E-state index contributed by atoms with van der Waals surface area (Å²) in [5.41, 5.74) is 2.01. The van der Waals surface area contributed by atoms with Gasteiger partial charge in [-0.25, -0.2) is 0 Å². The van der Waals surface area contributed by atoms with Crippen molar-refractivity contribution in [2.75, 3.05) is 0 Å². The summed E-state index contributed by atoms with van der Waals surface area (Å²) in [5.74, 6) is 1.08. The van der Waals surface area contributed by atoms with E-state index in [4.69, 9.17) is 44.3 Å². The van der Waals surface area contributed by atoms with Gasteiger partial charge in [-0.05, 0) is 48.0 Å². The molecule has 1 heterocycles. The normalized spacial score (nSPS) is 14.1. The van der Waals surface area contributed by atoms with Gasteiger partial charge >= 0.3 is 0 Å². The van der Waals surface area contributed by atoms with Gasteiger partial charge in [-0.15, -0.1) is 0 Å². The molecule has 0 aromatic heterocycles. The molecule has 0 fully saturated rings. The van der Waals surface area contributed by atoms with E-state index in [2.05, 4.69) is 0 Å². The zero-order valence-electron chi connectivity index (χ0n) is 14.4. The summed E-state index contributed by atoms with van der Waals surface area (Å²) in [4.78, 5) is 12.6. The van der Waals surface area contributed by atoms with Gasteiger partial charge in [0.05, 0.1) is 5.56 Å². The van der Waals surface area contributed by atoms with Crippen LogP contribution in [0.1, 0.15) is 21.5 Å². The summed E-state index contributed by atoms with van der Waals surface area (Å²) in [7, 11) is 0. The van der Waals surface area contributed by atoms with Crippen LogP contribution in [0.5, 0.6) is 11.5 Å². The number of halogens is 3. The fraction of sp³-hybridized carbons (Fsp3) is 0.0455. The molecule has 0 spiro atoms. The minimum Gasteiger partial charge on any atom is -0.489 e. The highest BCUT2D eigenvalue weighted by atomic mass is 35.5. The Hall–Kier alpha value is -2.46. The van der Waals surface area contributed by atoms with Crippen LogP contribution in [0.15, 0.2) is 66.4 Å². The average Bonchev–Trinajstić information content (AvgIpc) is 2.98. The summed E-state index contributed by atoms with van der Waals surface area (Å²) < 4.78 is 11.5. The van der Waals surface area contributed by atoms with Gasteiger partial charge < -0.3 is 9.47 Å². The molecule has 3 aromatic rings. The van der Waals surface area contributed by atoms with Crippen LogP contribution in [0, 0.1) is 0 Å². The molecule has 3 nitrogen and oxygen atoms in total. The Labute approximate surface area is 177 Å². The number of fused-ring (bicyclic) bond motifs is 1. The smallest absolute Gasteiger partial charge is 0.231 e. The van der Waals surface area contributed by atoms with Crippen molar-refractivity contribution >= 4 is 46.7 Å². The molecule has 0 amide bonds. The van der Waals surface area contributed by atoms with Gasteiger partial charge in [0, 0.05) is 26.7 Å². The van der Waals surface area contributed by atoms with Crippen LogP contribution < -0.4 is 9.47 Å². The summed E-state index contributed by atoms with van der Waals surface area (Å²) in [6, 6.07) is 17.5. The van der Waals surface area contributed by atoms with Crippen LogP contribution >= 0.6 is 34.8 Å². The number of carbonyl (C=O) groups excluding carboxylic acids is 1. The standard InChI is InChI=1S/C22H13Cl3O3/c23-14-6-4-13(5-7-14)10-21-22(26)16-9-8-15(11-20(16)28-21)27-12-17-18(24)2-1-3-19(17)25/h1-11H,12H2. The van der Waals surface area contributed by atoms with E-state index in [1.807, 2.05) is 12.1 Å². The number of benzene rings is 3. The third kappa shape index (κ3) is 3.88. The maximum absolute atomic E-state index is 12.6. The second-order valence-corrected chi connectivity index (χ2v) is 7.39. The first-order valence-electron chi connectivity index (χ1n) is 8.41. The monoisotopic (exact) mass is 430 g/mol. The molecular weight excluding hydrogens is 419 g/mol. The van der Waals surface area contributed by atoms with Crippen molar-refractivity contribution in [3.05, 3.63) is 98.2 Å².